The van der Waals surface area contributed by atoms with Crippen LogP contribution in [0.5, 0.6) is 0 Å². The van der Waals surface area contributed by atoms with Crippen molar-refractivity contribution < 1.29 is 41.0 Å². The lowest BCUT2D eigenvalue weighted by atomic mass is 9.84. The molecule has 122 valence electrons. The van der Waals surface area contributed by atoms with Crippen molar-refractivity contribution in [2.24, 2.45) is 11.8 Å². The molecule has 2 atom stereocenters. The maximum Gasteiger partial charge on any atom is 0.409 e. The van der Waals surface area contributed by atoms with E-state index in [1.807, 2.05) is 0 Å². The average Bonchev–Trinajstić information content (AvgIpc) is 2.24. The Morgan fingerprint density at radius 1 is 1.00 bits per heavy atom. The van der Waals surface area contributed by atoms with Crippen LogP contribution in [0, 0.1) is 11.8 Å². The van der Waals surface area contributed by atoms with Crippen molar-refractivity contribution in [2.45, 2.75) is 44.1 Å². The number of rotatable bonds is 3. The molecule has 0 aliphatic heterocycles. The highest BCUT2D eigenvalue weighted by Gasteiger charge is 2.61. The molecule has 1 amide bonds. The van der Waals surface area contributed by atoms with Crippen LogP contribution in [-0.2, 0) is 9.59 Å². The van der Waals surface area contributed by atoms with Crippen molar-refractivity contribution in [3.63, 3.8) is 0 Å². The Bertz CT molecular complexity index is 392. The first-order valence-electron chi connectivity index (χ1n) is 6.11. The van der Waals surface area contributed by atoms with Crippen molar-refractivity contribution in [3.05, 3.63) is 0 Å². The van der Waals surface area contributed by atoms with Gasteiger partial charge in [0.2, 0.25) is 11.8 Å². The van der Waals surface area contributed by atoms with E-state index in [2.05, 4.69) is 0 Å². The maximum atomic E-state index is 12.4. The summed E-state index contributed by atoms with van der Waals surface area (Å²) in [6, 6.07) is -1.23. The van der Waals surface area contributed by atoms with Gasteiger partial charge >= 0.3 is 18.3 Å². The number of carboxylic acid groups (broad SMARTS) is 1. The van der Waals surface area contributed by atoms with Crippen molar-refractivity contribution in [1.29, 1.82) is 0 Å². The Morgan fingerprint density at radius 2 is 1.48 bits per heavy atom. The van der Waals surface area contributed by atoms with E-state index in [9.17, 15) is 35.9 Å². The summed E-state index contributed by atoms with van der Waals surface area (Å²) < 4.78 is 74.3. The van der Waals surface area contributed by atoms with Crippen LogP contribution in [0.4, 0.5) is 26.3 Å². The lowest BCUT2D eigenvalue weighted by molar-refractivity contribution is -0.274. The summed E-state index contributed by atoms with van der Waals surface area (Å²) in [5.41, 5.74) is 0. The van der Waals surface area contributed by atoms with Gasteiger partial charge in [-0.2, -0.15) is 26.3 Å². The van der Waals surface area contributed by atoms with Gasteiger partial charge in [0.15, 0.2) is 0 Å². The predicted octanol–water partition coefficient (Wildman–Crippen LogP) is 2.49. The third-order valence-corrected chi connectivity index (χ3v) is 3.33. The van der Waals surface area contributed by atoms with Crippen LogP contribution in [-0.4, -0.2) is 35.4 Å². The third-order valence-electron chi connectivity index (χ3n) is 3.33. The first kappa shape index (κ1) is 17.6. The Labute approximate surface area is 115 Å². The smallest absolute Gasteiger partial charge is 0.409 e. The second-order valence-electron chi connectivity index (χ2n) is 4.86. The van der Waals surface area contributed by atoms with Crippen LogP contribution < -0.4 is 5.32 Å². The molecule has 1 fully saturated rings. The SMILES string of the molecule is O=C(O)C1CCCCC1NC(=O)C(C(F)(F)F)C(F)(F)F. The molecule has 2 unspecified atom stereocenters. The zero-order chi connectivity index (χ0) is 16.4. The van der Waals surface area contributed by atoms with Gasteiger partial charge in [0.25, 0.3) is 0 Å². The lowest BCUT2D eigenvalue weighted by Gasteiger charge is -2.31. The normalized spacial score (nSPS) is 24.0. The Morgan fingerprint density at radius 3 is 1.90 bits per heavy atom. The molecule has 0 aromatic heterocycles. The molecular formula is C11H13F6NO3. The Balaban J connectivity index is 2.88. The molecule has 2 N–H and O–H groups in total. The van der Waals surface area contributed by atoms with Crippen molar-refractivity contribution >= 4 is 11.9 Å². The van der Waals surface area contributed by atoms with Gasteiger partial charge in [-0.1, -0.05) is 12.8 Å². The van der Waals surface area contributed by atoms with Gasteiger partial charge in [-0.05, 0) is 12.8 Å². The van der Waals surface area contributed by atoms with Crippen LogP contribution in [0.15, 0.2) is 0 Å². The maximum absolute atomic E-state index is 12.4. The highest BCUT2D eigenvalue weighted by molar-refractivity contribution is 5.81. The van der Waals surface area contributed by atoms with E-state index in [0.717, 1.165) is 0 Å². The molecule has 0 aromatic rings. The van der Waals surface area contributed by atoms with E-state index in [1.165, 1.54) is 0 Å². The summed E-state index contributed by atoms with van der Waals surface area (Å²) in [4.78, 5) is 22.2. The number of halogens is 6. The van der Waals surface area contributed by atoms with E-state index in [4.69, 9.17) is 5.11 Å². The topological polar surface area (TPSA) is 66.4 Å². The van der Waals surface area contributed by atoms with E-state index >= 15 is 0 Å². The van der Waals surface area contributed by atoms with Gasteiger partial charge < -0.3 is 10.4 Å². The zero-order valence-electron chi connectivity index (χ0n) is 10.6. The number of nitrogens with one attached hydrogen (secondary N) is 1. The van der Waals surface area contributed by atoms with Gasteiger partial charge in [-0.25, -0.2) is 0 Å². The van der Waals surface area contributed by atoms with Crippen LogP contribution in [0.3, 0.4) is 0 Å². The van der Waals surface area contributed by atoms with Gasteiger partial charge in [-0.3, -0.25) is 9.59 Å². The number of alkyl halides is 6. The molecule has 0 heterocycles. The van der Waals surface area contributed by atoms with Crippen LogP contribution in [0.1, 0.15) is 25.7 Å². The molecule has 0 bridgehead atoms. The number of aliphatic carboxylic acids is 1. The first-order chi connectivity index (χ1) is 9.44. The highest BCUT2D eigenvalue weighted by atomic mass is 19.4. The van der Waals surface area contributed by atoms with E-state index in [0.29, 0.717) is 12.8 Å². The third kappa shape index (κ3) is 4.50. The van der Waals surface area contributed by atoms with Crippen LogP contribution >= 0.6 is 0 Å². The first-order valence-corrected chi connectivity index (χ1v) is 6.11. The molecule has 0 aromatic carbocycles. The minimum atomic E-state index is -5.78. The van der Waals surface area contributed by atoms with Crippen molar-refractivity contribution in [3.8, 4) is 0 Å². The summed E-state index contributed by atoms with van der Waals surface area (Å²) >= 11 is 0. The second kappa shape index (κ2) is 6.10. The van der Waals surface area contributed by atoms with Gasteiger partial charge in [-0.15, -0.1) is 0 Å². The summed E-state index contributed by atoms with van der Waals surface area (Å²) in [7, 11) is 0. The summed E-state index contributed by atoms with van der Waals surface area (Å²) in [6.45, 7) is 0. The monoisotopic (exact) mass is 321 g/mol. The molecule has 4 nitrogen and oxygen atoms in total. The number of hydrogen-bond acceptors (Lipinski definition) is 2. The van der Waals surface area contributed by atoms with Crippen molar-refractivity contribution in [1.82, 2.24) is 5.32 Å². The minimum Gasteiger partial charge on any atom is -0.481 e. The molecule has 0 radical (unpaired) electrons. The molecular weight excluding hydrogens is 308 g/mol. The van der Waals surface area contributed by atoms with Crippen LogP contribution in [0.2, 0.25) is 0 Å². The molecule has 10 heteroatoms. The summed E-state index contributed by atoms with van der Waals surface area (Å²) in [5, 5.41) is 10.5. The standard InChI is InChI=1S/C11H13F6NO3/c12-10(13,14)7(11(15,16)17)8(19)18-6-4-2-1-3-5(6)9(20)21/h5-7H,1-4H2,(H,18,19)(H,20,21). The Kier molecular flexibility index (Phi) is 5.11. The fourth-order valence-corrected chi connectivity index (χ4v) is 2.35. The number of amides is 1. The summed E-state index contributed by atoms with van der Waals surface area (Å²) in [5.74, 6) is -8.94. The molecule has 0 saturated heterocycles. The van der Waals surface area contributed by atoms with Gasteiger partial charge in [0.1, 0.15) is 0 Å². The van der Waals surface area contributed by atoms with E-state index in [-0.39, 0.29) is 12.8 Å². The lowest BCUT2D eigenvalue weighted by Crippen LogP contribution is -2.53. The molecule has 21 heavy (non-hydrogen) atoms. The predicted molar refractivity (Wildman–Crippen MR) is 57.1 cm³/mol. The number of carboxylic acids is 1. The van der Waals surface area contributed by atoms with Crippen LogP contribution in [0.25, 0.3) is 0 Å². The van der Waals surface area contributed by atoms with E-state index < -0.39 is 42.1 Å². The van der Waals surface area contributed by atoms with E-state index in [1.54, 1.807) is 5.32 Å². The fourth-order valence-electron chi connectivity index (χ4n) is 2.35. The Hall–Kier alpha value is -1.48. The molecule has 1 aliphatic carbocycles. The zero-order valence-corrected chi connectivity index (χ0v) is 10.6. The van der Waals surface area contributed by atoms with Gasteiger partial charge in [0, 0.05) is 6.04 Å². The molecule has 1 aliphatic rings. The number of carbonyl (C=O) groups excluding carboxylic acids is 1. The molecule has 1 saturated carbocycles. The molecule has 1 rings (SSSR count). The quantitative estimate of drug-likeness (QED) is 0.785. The number of carbonyl (C=O) groups is 2. The fraction of sp³-hybridized carbons (Fsp3) is 0.818. The second-order valence-corrected chi connectivity index (χ2v) is 4.86. The van der Waals surface area contributed by atoms with Gasteiger partial charge in [0.05, 0.1) is 5.92 Å². The molecule has 0 spiro atoms. The average molecular weight is 321 g/mol. The highest BCUT2D eigenvalue weighted by Crippen LogP contribution is 2.39. The number of hydrogen-bond donors (Lipinski definition) is 2. The largest absolute Gasteiger partial charge is 0.481 e. The van der Waals surface area contributed by atoms with Crippen molar-refractivity contribution in [2.75, 3.05) is 0 Å². The minimum absolute atomic E-state index is 0.0329. The summed E-state index contributed by atoms with van der Waals surface area (Å²) in [6.07, 6.45) is -10.5.